The van der Waals surface area contributed by atoms with Crippen LogP contribution in [-0.2, 0) is 30.2 Å². The lowest BCUT2D eigenvalue weighted by Gasteiger charge is -2.30. The zero-order valence-corrected chi connectivity index (χ0v) is 22.7. The third kappa shape index (κ3) is 5.20. The summed E-state index contributed by atoms with van der Waals surface area (Å²) in [5.41, 5.74) is -2.97. The Morgan fingerprint density at radius 3 is 2.66 bits per heavy atom. The van der Waals surface area contributed by atoms with E-state index in [1.165, 1.54) is 10.9 Å². The van der Waals surface area contributed by atoms with Gasteiger partial charge in [0.05, 0.1) is 31.0 Å². The Kier molecular flexibility index (Phi) is 7.87. The van der Waals surface area contributed by atoms with Gasteiger partial charge in [0.15, 0.2) is 23.2 Å². The highest BCUT2D eigenvalue weighted by Gasteiger charge is 2.56. The highest BCUT2D eigenvalue weighted by molar-refractivity contribution is 6.28. The van der Waals surface area contributed by atoms with E-state index in [0.717, 1.165) is 6.42 Å². The van der Waals surface area contributed by atoms with Crippen LogP contribution in [0.15, 0.2) is 36.7 Å². The predicted octanol–water partition coefficient (Wildman–Crippen LogP) is 1.75. The molecule has 0 aliphatic carbocycles. The van der Waals surface area contributed by atoms with E-state index in [4.69, 9.17) is 32.2 Å². The summed E-state index contributed by atoms with van der Waals surface area (Å²) < 4.78 is 18.6. The van der Waals surface area contributed by atoms with E-state index in [1.54, 1.807) is 37.3 Å². The van der Waals surface area contributed by atoms with Crippen LogP contribution in [0, 0.1) is 17.8 Å². The first-order chi connectivity index (χ1) is 19.6. The number of carboxylic acid groups (broad SMARTS) is 2. The number of fused-ring (bicyclic) bond motifs is 1. The number of hydrogen-bond acceptors (Lipinski definition) is 10. The number of anilines is 1. The molecule has 5 rings (SSSR count). The van der Waals surface area contributed by atoms with Gasteiger partial charge < -0.3 is 34.8 Å². The number of benzene rings is 1. The third-order valence-electron chi connectivity index (χ3n) is 7.57. The number of terminal acetylenes is 1. The van der Waals surface area contributed by atoms with Gasteiger partial charge in [-0.15, -0.1) is 6.42 Å². The van der Waals surface area contributed by atoms with Gasteiger partial charge in [0.1, 0.15) is 12.2 Å². The Balaban J connectivity index is 1.43. The summed E-state index contributed by atoms with van der Waals surface area (Å²) in [5, 5.41) is 34.4. The maximum Gasteiger partial charge on any atom is 0.348 e. The second-order valence-corrected chi connectivity index (χ2v) is 10.5. The minimum Gasteiger partial charge on any atom is -0.479 e. The summed E-state index contributed by atoms with van der Waals surface area (Å²) in [6.07, 6.45) is 3.96. The first kappa shape index (κ1) is 28.7. The van der Waals surface area contributed by atoms with Gasteiger partial charge in [-0.1, -0.05) is 36.3 Å². The monoisotopic (exact) mass is 585 g/mol. The Morgan fingerprint density at radius 2 is 2.02 bits per heavy atom. The molecule has 2 saturated heterocycles. The number of nitrogens with one attached hydrogen (secondary N) is 1. The number of aliphatic hydroxyl groups is 1. The molecular formula is C27H28ClN5O8. The van der Waals surface area contributed by atoms with Crippen molar-refractivity contribution in [2.45, 2.75) is 49.8 Å². The van der Waals surface area contributed by atoms with Crippen LogP contribution in [0.4, 0.5) is 5.82 Å². The van der Waals surface area contributed by atoms with Crippen molar-refractivity contribution in [3.63, 3.8) is 0 Å². The number of rotatable bonds is 10. The van der Waals surface area contributed by atoms with Crippen LogP contribution < -0.4 is 5.32 Å². The molecule has 0 bridgehead atoms. The summed E-state index contributed by atoms with van der Waals surface area (Å²) in [5.74, 6) is -0.467. The fourth-order valence-corrected chi connectivity index (χ4v) is 5.18. The van der Waals surface area contributed by atoms with Crippen LogP contribution in [0.25, 0.3) is 11.2 Å². The molecule has 0 spiro atoms. The van der Waals surface area contributed by atoms with Gasteiger partial charge in [-0.25, -0.2) is 14.6 Å². The summed E-state index contributed by atoms with van der Waals surface area (Å²) in [4.78, 5) is 37.5. The van der Waals surface area contributed by atoms with Gasteiger partial charge in [-0.3, -0.25) is 4.57 Å². The van der Waals surface area contributed by atoms with Gasteiger partial charge >= 0.3 is 11.9 Å². The van der Waals surface area contributed by atoms with Gasteiger partial charge in [0.2, 0.25) is 5.28 Å². The van der Waals surface area contributed by atoms with Crippen molar-refractivity contribution >= 4 is 40.5 Å². The SMILES string of the molecule is C#C[C@@]1(C)[C@@H](COC(Cc2ccccc2)(C(=O)O)C(=O)O)O[C@@H](n2cnc3c(NC4CCOC4)nc(Cl)nc32)[C@@H]1O. The molecule has 0 amide bonds. The average molecular weight is 586 g/mol. The Morgan fingerprint density at radius 1 is 1.29 bits per heavy atom. The van der Waals surface area contributed by atoms with Crippen molar-refractivity contribution in [3.8, 4) is 12.3 Å². The molecule has 2 aromatic heterocycles. The lowest BCUT2D eigenvalue weighted by atomic mass is 9.81. The summed E-state index contributed by atoms with van der Waals surface area (Å²) in [7, 11) is 0. The number of carboxylic acids is 2. The molecule has 0 radical (unpaired) electrons. The number of halogens is 1. The predicted molar refractivity (Wildman–Crippen MR) is 144 cm³/mol. The van der Waals surface area contributed by atoms with E-state index >= 15 is 0 Å². The van der Waals surface area contributed by atoms with E-state index in [1.807, 2.05) is 0 Å². The summed E-state index contributed by atoms with van der Waals surface area (Å²) in [6, 6.07) is 8.25. The van der Waals surface area contributed by atoms with Crippen LogP contribution in [0.1, 0.15) is 25.1 Å². The maximum atomic E-state index is 12.3. The second-order valence-electron chi connectivity index (χ2n) is 10.2. The fourth-order valence-electron chi connectivity index (χ4n) is 5.02. The Bertz CT molecular complexity index is 1470. The molecule has 2 aliphatic heterocycles. The summed E-state index contributed by atoms with van der Waals surface area (Å²) in [6.45, 7) is 2.10. The van der Waals surface area contributed by atoms with Crippen molar-refractivity contribution in [1.82, 2.24) is 19.5 Å². The first-order valence-electron chi connectivity index (χ1n) is 12.8. The molecule has 5 atom stereocenters. The zero-order valence-electron chi connectivity index (χ0n) is 21.9. The van der Waals surface area contributed by atoms with E-state index < -0.39 is 54.4 Å². The number of aliphatic carboxylic acids is 2. The molecule has 0 saturated carbocycles. The molecule has 2 aliphatic rings. The molecule has 2 fully saturated rings. The zero-order chi connectivity index (χ0) is 29.4. The van der Waals surface area contributed by atoms with Gasteiger partial charge in [0.25, 0.3) is 5.60 Å². The minimum absolute atomic E-state index is 0.00789. The topological polar surface area (TPSA) is 178 Å². The lowest BCUT2D eigenvalue weighted by Crippen LogP contribution is -2.53. The standard InChI is InChI=1S/C27H28ClN5O8/c1-3-26(2)17(13-40-27(23(35)36,24(37)38)11-15-7-5-4-6-8-15)41-22(19(26)34)33-14-29-18-20(30-16-9-10-39-12-16)31-25(28)32-21(18)33/h1,4-8,14,16-17,19,22,34H,9-13H2,2H3,(H,35,36)(H,37,38)(H,30,31,32)/t16?,17-,19+,22-,26+/m1/s1. The quantitative estimate of drug-likeness (QED) is 0.154. The Hall–Kier alpha value is -3.80. The Labute approximate surface area is 239 Å². The number of ether oxygens (including phenoxy) is 3. The maximum absolute atomic E-state index is 12.3. The number of aromatic nitrogens is 4. The fraction of sp³-hybridized carbons (Fsp3) is 0.444. The van der Waals surface area contributed by atoms with Crippen LogP contribution in [0.3, 0.4) is 0 Å². The van der Waals surface area contributed by atoms with Crippen molar-refractivity contribution in [2.24, 2.45) is 5.41 Å². The molecule has 216 valence electrons. The van der Waals surface area contributed by atoms with Crippen molar-refractivity contribution in [3.05, 3.63) is 47.5 Å². The van der Waals surface area contributed by atoms with Crippen LogP contribution in [0.2, 0.25) is 5.28 Å². The highest BCUT2D eigenvalue weighted by Crippen LogP contribution is 2.45. The number of imidazole rings is 1. The van der Waals surface area contributed by atoms with Crippen LogP contribution in [-0.4, -0.2) is 90.4 Å². The number of nitrogens with zero attached hydrogens (tertiary/aromatic N) is 4. The molecule has 1 aromatic carbocycles. The van der Waals surface area contributed by atoms with E-state index in [0.29, 0.717) is 30.1 Å². The normalized spacial score (nSPS) is 26.2. The molecule has 1 unspecified atom stereocenters. The second kappa shape index (κ2) is 11.2. The molecular weight excluding hydrogens is 558 g/mol. The van der Waals surface area contributed by atoms with E-state index in [-0.39, 0.29) is 17.0 Å². The van der Waals surface area contributed by atoms with Crippen molar-refractivity contribution < 1.29 is 39.1 Å². The number of carbonyl (C=O) groups is 2. The lowest BCUT2D eigenvalue weighted by molar-refractivity contribution is -0.189. The van der Waals surface area contributed by atoms with Crippen LogP contribution in [0.5, 0.6) is 0 Å². The van der Waals surface area contributed by atoms with Gasteiger partial charge in [0, 0.05) is 13.0 Å². The van der Waals surface area contributed by atoms with Gasteiger partial charge in [-0.2, -0.15) is 9.97 Å². The third-order valence-corrected chi connectivity index (χ3v) is 7.74. The smallest absolute Gasteiger partial charge is 0.348 e. The molecule has 3 aromatic rings. The largest absolute Gasteiger partial charge is 0.479 e. The van der Waals surface area contributed by atoms with Crippen molar-refractivity contribution in [1.29, 1.82) is 0 Å². The molecule has 4 N–H and O–H groups in total. The van der Waals surface area contributed by atoms with E-state index in [9.17, 15) is 24.9 Å². The molecule has 13 nitrogen and oxygen atoms in total. The first-order valence-corrected chi connectivity index (χ1v) is 13.2. The number of aliphatic hydroxyl groups excluding tert-OH is 1. The molecule has 14 heteroatoms. The average Bonchev–Trinajstić information content (AvgIpc) is 3.67. The molecule has 41 heavy (non-hydrogen) atoms. The minimum atomic E-state index is -2.63. The molecule has 4 heterocycles. The summed E-state index contributed by atoms with van der Waals surface area (Å²) >= 11 is 6.22. The highest BCUT2D eigenvalue weighted by atomic mass is 35.5. The van der Waals surface area contributed by atoms with E-state index in [2.05, 4.69) is 26.2 Å². The van der Waals surface area contributed by atoms with Gasteiger partial charge in [-0.05, 0) is 30.5 Å². The van der Waals surface area contributed by atoms with Crippen molar-refractivity contribution in [2.75, 3.05) is 25.1 Å². The number of hydrogen-bond donors (Lipinski definition) is 4. The van der Waals surface area contributed by atoms with Crippen LogP contribution >= 0.6 is 11.6 Å².